The van der Waals surface area contributed by atoms with Gasteiger partial charge in [-0.1, -0.05) is 5.16 Å². The number of hydrogen-bond donors (Lipinski definition) is 1. The van der Waals surface area contributed by atoms with Crippen molar-refractivity contribution in [2.24, 2.45) is 0 Å². The molecule has 8 heteroatoms. The summed E-state index contributed by atoms with van der Waals surface area (Å²) in [6.07, 6.45) is 0. The van der Waals surface area contributed by atoms with Crippen LogP contribution in [0.3, 0.4) is 0 Å². The topological polar surface area (TPSA) is 90.0 Å². The van der Waals surface area contributed by atoms with Crippen LogP contribution in [-0.2, 0) is 16.6 Å². The molecule has 0 aromatic carbocycles. The van der Waals surface area contributed by atoms with Gasteiger partial charge in [0, 0.05) is 12.2 Å². The minimum atomic E-state index is -3.61. The minimum Gasteiger partial charge on any atom is -0.360 e. The Hall–Kier alpha value is -1.67. The maximum Gasteiger partial charge on any atom is 0.246 e. The molecule has 0 spiro atoms. The number of aryl methyl sites for hydroxylation is 3. The second kappa shape index (κ2) is 5.61. The predicted octanol–water partition coefficient (Wildman–Crippen LogP) is 1.39. The predicted molar refractivity (Wildman–Crippen MR) is 77.6 cm³/mol. The quantitative estimate of drug-likeness (QED) is 0.901. The Bertz CT molecular complexity index is 739. The van der Waals surface area contributed by atoms with Gasteiger partial charge in [-0.05, 0) is 40.2 Å². The van der Waals surface area contributed by atoms with E-state index >= 15 is 0 Å². The maximum atomic E-state index is 12.2. The first-order valence-corrected chi connectivity index (χ1v) is 8.15. The van der Waals surface area contributed by atoms with E-state index in [4.69, 9.17) is 4.52 Å². The molecule has 2 aromatic heterocycles. The Morgan fingerprint density at radius 1 is 1.14 bits per heavy atom. The lowest BCUT2D eigenvalue weighted by molar-refractivity contribution is 0.390. The number of rotatable bonds is 5. The van der Waals surface area contributed by atoms with Crippen molar-refractivity contribution in [3.63, 3.8) is 0 Å². The van der Waals surface area contributed by atoms with E-state index in [1.807, 2.05) is 20.8 Å². The molecule has 0 saturated heterocycles. The molecule has 21 heavy (non-hydrogen) atoms. The summed E-state index contributed by atoms with van der Waals surface area (Å²) in [5.41, 5.74) is 3.50. The van der Waals surface area contributed by atoms with E-state index in [2.05, 4.69) is 15.0 Å². The van der Waals surface area contributed by atoms with Gasteiger partial charge >= 0.3 is 0 Å². The molecule has 0 saturated carbocycles. The highest BCUT2D eigenvalue weighted by Gasteiger charge is 2.23. The zero-order valence-electron chi connectivity index (χ0n) is 12.9. The first-order valence-electron chi connectivity index (χ1n) is 6.67. The van der Waals surface area contributed by atoms with Crippen molar-refractivity contribution in [2.75, 3.05) is 6.54 Å². The van der Waals surface area contributed by atoms with E-state index < -0.39 is 10.0 Å². The smallest absolute Gasteiger partial charge is 0.246 e. The SMILES string of the molecule is Cc1nn(CCNS(=O)(=O)c2c(C)noc2C)c(C)c1C. The van der Waals surface area contributed by atoms with E-state index in [1.54, 1.807) is 18.5 Å². The number of hydrogen-bond acceptors (Lipinski definition) is 5. The fraction of sp³-hybridized carbons (Fsp3) is 0.538. The summed E-state index contributed by atoms with van der Waals surface area (Å²) in [6.45, 7) is 9.83. The third kappa shape index (κ3) is 3.01. The Morgan fingerprint density at radius 2 is 1.81 bits per heavy atom. The fourth-order valence-electron chi connectivity index (χ4n) is 2.22. The molecule has 2 aromatic rings. The summed E-state index contributed by atoms with van der Waals surface area (Å²) in [5, 5.41) is 8.04. The first kappa shape index (κ1) is 15.7. The molecule has 2 heterocycles. The van der Waals surface area contributed by atoms with Crippen LogP contribution in [0.5, 0.6) is 0 Å². The van der Waals surface area contributed by atoms with E-state index in [0.29, 0.717) is 18.0 Å². The number of aromatic nitrogens is 3. The molecule has 0 bridgehead atoms. The number of nitrogens with zero attached hydrogens (tertiary/aromatic N) is 3. The van der Waals surface area contributed by atoms with Crippen molar-refractivity contribution in [1.29, 1.82) is 0 Å². The highest BCUT2D eigenvalue weighted by molar-refractivity contribution is 7.89. The van der Waals surface area contributed by atoms with Crippen LogP contribution in [0.15, 0.2) is 9.42 Å². The molecule has 0 atom stereocenters. The molecule has 7 nitrogen and oxygen atoms in total. The normalized spacial score (nSPS) is 12.0. The van der Waals surface area contributed by atoms with Crippen LogP contribution in [0.2, 0.25) is 0 Å². The molecule has 116 valence electrons. The van der Waals surface area contributed by atoms with Crippen LogP contribution in [0, 0.1) is 34.6 Å². The largest absolute Gasteiger partial charge is 0.360 e. The number of sulfonamides is 1. The summed E-state index contributed by atoms with van der Waals surface area (Å²) in [4.78, 5) is 0.118. The zero-order chi connectivity index (χ0) is 15.8. The van der Waals surface area contributed by atoms with Gasteiger partial charge in [-0.2, -0.15) is 5.10 Å². The van der Waals surface area contributed by atoms with Gasteiger partial charge in [-0.15, -0.1) is 0 Å². The van der Waals surface area contributed by atoms with Crippen LogP contribution >= 0.6 is 0 Å². The molecule has 1 N–H and O–H groups in total. The van der Waals surface area contributed by atoms with Crippen LogP contribution in [-0.4, -0.2) is 29.9 Å². The second-order valence-corrected chi connectivity index (χ2v) is 6.77. The van der Waals surface area contributed by atoms with Gasteiger partial charge in [0.1, 0.15) is 10.6 Å². The third-order valence-electron chi connectivity index (χ3n) is 3.60. The molecule has 0 amide bonds. The van der Waals surface area contributed by atoms with Gasteiger partial charge < -0.3 is 4.52 Å². The van der Waals surface area contributed by atoms with Crippen molar-refractivity contribution in [1.82, 2.24) is 19.7 Å². The summed E-state index contributed by atoms with van der Waals surface area (Å²) in [6, 6.07) is 0. The molecule has 0 aliphatic heterocycles. The van der Waals surface area contributed by atoms with Crippen molar-refractivity contribution in [2.45, 2.75) is 46.1 Å². The third-order valence-corrected chi connectivity index (χ3v) is 5.30. The van der Waals surface area contributed by atoms with Crippen molar-refractivity contribution in [3.8, 4) is 0 Å². The maximum absolute atomic E-state index is 12.2. The lowest BCUT2D eigenvalue weighted by Gasteiger charge is -2.07. The van der Waals surface area contributed by atoms with E-state index in [-0.39, 0.29) is 11.4 Å². The summed E-state index contributed by atoms with van der Waals surface area (Å²) in [7, 11) is -3.61. The molecule has 0 unspecified atom stereocenters. The first-order chi connectivity index (χ1) is 9.74. The molecular weight excluding hydrogens is 292 g/mol. The van der Waals surface area contributed by atoms with Gasteiger partial charge in [0.2, 0.25) is 10.0 Å². The van der Waals surface area contributed by atoms with Crippen molar-refractivity contribution in [3.05, 3.63) is 28.4 Å². The molecule has 0 radical (unpaired) electrons. The summed E-state index contributed by atoms with van der Waals surface area (Å²) in [5.74, 6) is 0.293. The molecular formula is C13H20N4O3S. The Balaban J connectivity index is 2.08. The summed E-state index contributed by atoms with van der Waals surface area (Å²) >= 11 is 0. The Labute approximate surface area is 124 Å². The van der Waals surface area contributed by atoms with E-state index in [0.717, 1.165) is 17.0 Å². The van der Waals surface area contributed by atoms with Gasteiger partial charge in [-0.25, -0.2) is 13.1 Å². The van der Waals surface area contributed by atoms with Gasteiger partial charge in [0.05, 0.1) is 12.2 Å². The average Bonchev–Trinajstić information content (AvgIpc) is 2.85. The monoisotopic (exact) mass is 312 g/mol. The van der Waals surface area contributed by atoms with E-state index in [1.165, 1.54) is 0 Å². The molecule has 0 fully saturated rings. The Kier molecular flexibility index (Phi) is 4.20. The highest BCUT2D eigenvalue weighted by atomic mass is 32.2. The van der Waals surface area contributed by atoms with Gasteiger partial charge in [-0.3, -0.25) is 4.68 Å². The molecule has 0 aliphatic carbocycles. The lowest BCUT2D eigenvalue weighted by Crippen LogP contribution is -2.28. The van der Waals surface area contributed by atoms with Gasteiger partial charge in [0.25, 0.3) is 0 Å². The zero-order valence-corrected chi connectivity index (χ0v) is 13.7. The Morgan fingerprint density at radius 3 is 2.29 bits per heavy atom. The molecule has 2 rings (SSSR count). The summed E-state index contributed by atoms with van der Waals surface area (Å²) < 4.78 is 33.7. The number of nitrogens with one attached hydrogen (secondary N) is 1. The van der Waals surface area contributed by atoms with Crippen molar-refractivity contribution < 1.29 is 12.9 Å². The van der Waals surface area contributed by atoms with Crippen molar-refractivity contribution >= 4 is 10.0 Å². The fourth-order valence-corrected chi connectivity index (χ4v) is 3.57. The highest BCUT2D eigenvalue weighted by Crippen LogP contribution is 2.18. The van der Waals surface area contributed by atoms with Crippen LogP contribution in [0.4, 0.5) is 0 Å². The minimum absolute atomic E-state index is 0.118. The molecule has 0 aliphatic rings. The van der Waals surface area contributed by atoms with E-state index in [9.17, 15) is 8.42 Å². The van der Waals surface area contributed by atoms with Crippen LogP contribution < -0.4 is 4.72 Å². The second-order valence-electron chi connectivity index (χ2n) is 5.07. The lowest BCUT2D eigenvalue weighted by atomic mass is 10.2. The average molecular weight is 312 g/mol. The van der Waals surface area contributed by atoms with Crippen LogP contribution in [0.25, 0.3) is 0 Å². The van der Waals surface area contributed by atoms with Gasteiger partial charge in [0.15, 0.2) is 5.76 Å². The van der Waals surface area contributed by atoms with Crippen LogP contribution in [0.1, 0.15) is 28.4 Å². The standard InChI is InChI=1S/C13H20N4O3S/c1-8-9(2)15-17(11(8)4)7-6-14-21(18,19)13-10(3)16-20-12(13)5/h14H,6-7H2,1-5H3.